The third-order valence-corrected chi connectivity index (χ3v) is 3.09. The second-order valence-electron chi connectivity index (χ2n) is 3.98. The molecule has 5 heteroatoms. The lowest BCUT2D eigenvalue weighted by atomic mass is 10.3. The fourth-order valence-electron chi connectivity index (χ4n) is 2.04. The Hall–Kier alpha value is -1.26. The van der Waals surface area contributed by atoms with Crippen LogP contribution in [0, 0.1) is 0 Å². The molecule has 3 rings (SSSR count). The van der Waals surface area contributed by atoms with E-state index >= 15 is 0 Å². The van der Waals surface area contributed by atoms with Gasteiger partial charge >= 0.3 is 0 Å². The van der Waals surface area contributed by atoms with Crippen LogP contribution in [0.4, 0.5) is 5.82 Å². The largest absolute Gasteiger partial charge is 0.356 e. The van der Waals surface area contributed by atoms with Crippen molar-refractivity contribution in [3.05, 3.63) is 23.4 Å². The molecule has 0 aliphatic carbocycles. The highest BCUT2D eigenvalue weighted by Crippen LogP contribution is 2.22. The van der Waals surface area contributed by atoms with E-state index < -0.39 is 0 Å². The molecule has 1 saturated heterocycles. The van der Waals surface area contributed by atoms with Crippen molar-refractivity contribution in [1.29, 1.82) is 0 Å². The number of anilines is 1. The molecule has 1 aliphatic heterocycles. The molecule has 0 aromatic carbocycles. The molecule has 1 aliphatic rings. The Morgan fingerprint density at radius 3 is 2.88 bits per heavy atom. The van der Waals surface area contributed by atoms with Crippen LogP contribution in [0.2, 0.25) is 5.02 Å². The Balaban J connectivity index is 1.97. The van der Waals surface area contributed by atoms with E-state index in [1.165, 1.54) is 0 Å². The Labute approximate surface area is 98.6 Å². The Morgan fingerprint density at radius 1 is 1.25 bits per heavy atom. The molecular weight excluding hydrogens is 224 g/mol. The number of nitrogens with one attached hydrogen (secondary N) is 2. The second-order valence-corrected chi connectivity index (χ2v) is 4.41. The van der Waals surface area contributed by atoms with Gasteiger partial charge in [0.1, 0.15) is 5.82 Å². The summed E-state index contributed by atoms with van der Waals surface area (Å²) in [7, 11) is 0. The molecule has 4 nitrogen and oxygen atoms in total. The molecule has 0 saturated carbocycles. The summed E-state index contributed by atoms with van der Waals surface area (Å²) in [6, 6.07) is 3.99. The molecule has 0 bridgehead atoms. The van der Waals surface area contributed by atoms with Gasteiger partial charge in [-0.2, -0.15) is 0 Å². The van der Waals surface area contributed by atoms with Crippen molar-refractivity contribution in [2.75, 3.05) is 31.1 Å². The van der Waals surface area contributed by atoms with E-state index in [1.807, 2.05) is 6.07 Å². The van der Waals surface area contributed by atoms with E-state index in [2.05, 4.69) is 26.3 Å². The second kappa shape index (κ2) is 3.96. The van der Waals surface area contributed by atoms with E-state index in [0.717, 1.165) is 43.0 Å². The number of hydrogen-bond donors (Lipinski definition) is 2. The van der Waals surface area contributed by atoms with E-state index in [0.29, 0.717) is 5.02 Å². The first-order valence-electron chi connectivity index (χ1n) is 5.43. The lowest BCUT2D eigenvalue weighted by Crippen LogP contribution is -2.43. The maximum Gasteiger partial charge on any atom is 0.108 e. The van der Waals surface area contributed by atoms with Gasteiger partial charge in [0, 0.05) is 38.4 Å². The van der Waals surface area contributed by atoms with Crippen LogP contribution in [0.1, 0.15) is 0 Å². The van der Waals surface area contributed by atoms with Crippen molar-refractivity contribution in [2.24, 2.45) is 0 Å². The topological polar surface area (TPSA) is 44.0 Å². The molecule has 0 spiro atoms. The third-order valence-electron chi connectivity index (χ3n) is 2.88. The normalized spacial score (nSPS) is 16.9. The van der Waals surface area contributed by atoms with Crippen LogP contribution < -0.4 is 10.2 Å². The smallest absolute Gasteiger partial charge is 0.108 e. The summed E-state index contributed by atoms with van der Waals surface area (Å²) in [6.45, 7) is 4.12. The number of aromatic amines is 1. The van der Waals surface area contributed by atoms with Gasteiger partial charge in [0.05, 0.1) is 16.1 Å². The van der Waals surface area contributed by atoms with Gasteiger partial charge in [-0.3, -0.25) is 4.98 Å². The minimum absolute atomic E-state index is 0.668. The highest BCUT2D eigenvalue weighted by Gasteiger charge is 2.12. The summed E-state index contributed by atoms with van der Waals surface area (Å²) in [6.07, 6.45) is 1.68. The maximum atomic E-state index is 5.91. The summed E-state index contributed by atoms with van der Waals surface area (Å²) in [4.78, 5) is 9.97. The van der Waals surface area contributed by atoms with Crippen molar-refractivity contribution in [2.45, 2.75) is 0 Å². The fraction of sp³-hybridized carbons (Fsp3) is 0.364. The van der Waals surface area contributed by atoms with Crippen molar-refractivity contribution >= 4 is 28.5 Å². The maximum absolute atomic E-state index is 5.91. The molecule has 2 aromatic rings. The van der Waals surface area contributed by atoms with E-state index in [-0.39, 0.29) is 0 Å². The van der Waals surface area contributed by atoms with Crippen LogP contribution in [0.25, 0.3) is 11.0 Å². The summed E-state index contributed by atoms with van der Waals surface area (Å²) < 4.78 is 0. The van der Waals surface area contributed by atoms with Crippen molar-refractivity contribution < 1.29 is 0 Å². The van der Waals surface area contributed by atoms with Gasteiger partial charge in [-0.25, -0.2) is 0 Å². The number of rotatable bonds is 1. The van der Waals surface area contributed by atoms with Crippen molar-refractivity contribution in [3.63, 3.8) is 0 Å². The van der Waals surface area contributed by atoms with Crippen molar-refractivity contribution in [3.8, 4) is 0 Å². The lowest BCUT2D eigenvalue weighted by molar-refractivity contribution is 0.586. The van der Waals surface area contributed by atoms with E-state index in [1.54, 1.807) is 6.20 Å². The van der Waals surface area contributed by atoms with Crippen LogP contribution in [0.5, 0.6) is 0 Å². The Bertz CT molecular complexity index is 502. The molecule has 0 amide bonds. The minimum Gasteiger partial charge on any atom is -0.356 e. The molecule has 0 unspecified atom stereocenters. The number of H-pyrrole nitrogens is 1. The zero-order chi connectivity index (χ0) is 11.0. The predicted molar refractivity (Wildman–Crippen MR) is 66.2 cm³/mol. The standard InChI is InChI=1S/C11H13ClN4/c12-8-5-10-9(14-7-8)6-11(15-10)16-3-1-13-2-4-16/h5-7,13,15H,1-4H2. The number of halogens is 1. The van der Waals surface area contributed by atoms with E-state index in [9.17, 15) is 0 Å². The first-order chi connectivity index (χ1) is 7.83. The highest BCUT2D eigenvalue weighted by molar-refractivity contribution is 6.31. The van der Waals surface area contributed by atoms with Gasteiger partial charge < -0.3 is 15.2 Å². The van der Waals surface area contributed by atoms with E-state index in [4.69, 9.17) is 11.6 Å². The van der Waals surface area contributed by atoms with Crippen LogP contribution in [0.15, 0.2) is 18.3 Å². The first-order valence-corrected chi connectivity index (χ1v) is 5.81. The lowest BCUT2D eigenvalue weighted by Gasteiger charge is -2.27. The van der Waals surface area contributed by atoms with Crippen molar-refractivity contribution in [1.82, 2.24) is 15.3 Å². The number of nitrogens with zero attached hydrogens (tertiary/aromatic N) is 2. The van der Waals surface area contributed by atoms with Gasteiger partial charge in [0.15, 0.2) is 0 Å². The summed E-state index contributed by atoms with van der Waals surface area (Å²) in [5.41, 5.74) is 1.97. The molecule has 1 fully saturated rings. The number of pyridine rings is 1. The summed E-state index contributed by atoms with van der Waals surface area (Å²) in [5, 5.41) is 4.00. The average Bonchev–Trinajstić information content (AvgIpc) is 2.73. The molecule has 16 heavy (non-hydrogen) atoms. The van der Waals surface area contributed by atoms with Gasteiger partial charge in [-0.15, -0.1) is 0 Å². The first kappa shape index (κ1) is 9.93. The Kier molecular flexibility index (Phi) is 2.46. The molecule has 2 aromatic heterocycles. The minimum atomic E-state index is 0.668. The molecule has 0 radical (unpaired) electrons. The molecule has 0 atom stereocenters. The number of piperazine rings is 1. The quantitative estimate of drug-likeness (QED) is 0.791. The zero-order valence-electron chi connectivity index (χ0n) is 8.83. The average molecular weight is 237 g/mol. The number of fused-ring (bicyclic) bond motifs is 1. The summed E-state index contributed by atoms with van der Waals surface area (Å²) >= 11 is 5.91. The predicted octanol–water partition coefficient (Wildman–Crippen LogP) is 1.63. The number of hydrogen-bond acceptors (Lipinski definition) is 3. The SMILES string of the molecule is Clc1cnc2cc(N3CCNCC3)[nH]c2c1. The van der Waals surface area contributed by atoms with Gasteiger partial charge in [-0.05, 0) is 6.07 Å². The molecule has 2 N–H and O–H groups in total. The molecule has 84 valence electrons. The fourth-order valence-corrected chi connectivity index (χ4v) is 2.20. The van der Waals surface area contributed by atoms with Gasteiger partial charge in [0.2, 0.25) is 0 Å². The van der Waals surface area contributed by atoms with Crippen LogP contribution in [0.3, 0.4) is 0 Å². The van der Waals surface area contributed by atoms with Gasteiger partial charge in [0.25, 0.3) is 0 Å². The van der Waals surface area contributed by atoms with Crippen LogP contribution in [-0.2, 0) is 0 Å². The highest BCUT2D eigenvalue weighted by atomic mass is 35.5. The van der Waals surface area contributed by atoms with Gasteiger partial charge in [-0.1, -0.05) is 11.6 Å². The number of aromatic nitrogens is 2. The Morgan fingerprint density at radius 2 is 2.06 bits per heavy atom. The molecular formula is C11H13ClN4. The van der Waals surface area contributed by atoms with Crippen LogP contribution in [-0.4, -0.2) is 36.1 Å². The zero-order valence-corrected chi connectivity index (χ0v) is 9.59. The summed E-state index contributed by atoms with van der Waals surface area (Å²) in [5.74, 6) is 1.13. The monoisotopic (exact) mass is 236 g/mol. The third kappa shape index (κ3) is 1.74. The molecule has 3 heterocycles. The van der Waals surface area contributed by atoms with Crippen LogP contribution >= 0.6 is 11.6 Å².